The van der Waals surface area contributed by atoms with Gasteiger partial charge >= 0.3 is 0 Å². The topological polar surface area (TPSA) is 15.3 Å². The molecule has 3 rings (SSSR count). The molecule has 2 aliphatic rings. The summed E-state index contributed by atoms with van der Waals surface area (Å²) in [4.78, 5) is 2.53. The van der Waals surface area contributed by atoms with Crippen molar-refractivity contribution in [2.24, 2.45) is 0 Å². The zero-order chi connectivity index (χ0) is 14.2. The van der Waals surface area contributed by atoms with Gasteiger partial charge in [-0.05, 0) is 47.8 Å². The third-order valence-electron chi connectivity index (χ3n) is 4.83. The molecule has 110 valence electrons. The second kappa shape index (κ2) is 5.86. The summed E-state index contributed by atoms with van der Waals surface area (Å²) in [5.41, 5.74) is 1.54. The van der Waals surface area contributed by atoms with Crippen molar-refractivity contribution in [1.29, 1.82) is 0 Å². The maximum Gasteiger partial charge on any atom is 0.0595 e. The first-order valence-electron chi connectivity index (χ1n) is 7.57. The summed E-state index contributed by atoms with van der Waals surface area (Å²) in [7, 11) is 0. The fourth-order valence-electron chi connectivity index (χ4n) is 3.61. The van der Waals surface area contributed by atoms with Gasteiger partial charge in [0.05, 0.1) is 15.2 Å². The smallest absolute Gasteiger partial charge is 0.0595 e. The average Bonchev–Trinajstić information content (AvgIpc) is 2.46. The number of nitrogens with one attached hydrogen (secondary N) is 1. The first-order valence-corrected chi connectivity index (χ1v) is 8.74. The van der Waals surface area contributed by atoms with Crippen LogP contribution in [-0.2, 0) is 0 Å². The van der Waals surface area contributed by atoms with Gasteiger partial charge in [-0.15, -0.1) is 0 Å². The van der Waals surface area contributed by atoms with Crippen LogP contribution in [0.15, 0.2) is 22.7 Å². The number of halogens is 2. The van der Waals surface area contributed by atoms with Crippen molar-refractivity contribution < 1.29 is 0 Å². The Morgan fingerprint density at radius 3 is 2.80 bits per heavy atom. The molecule has 1 N–H and O–H groups in total. The molecular weight excluding hydrogens is 336 g/mol. The van der Waals surface area contributed by atoms with E-state index in [1.54, 1.807) is 0 Å². The zero-order valence-electron chi connectivity index (χ0n) is 12.0. The fraction of sp³-hybridized carbons (Fsp3) is 0.625. The zero-order valence-corrected chi connectivity index (χ0v) is 14.3. The second-order valence-electron chi connectivity index (χ2n) is 6.27. The minimum atomic E-state index is 0.312. The van der Waals surface area contributed by atoms with Gasteiger partial charge < -0.3 is 10.2 Å². The molecule has 1 spiro atoms. The van der Waals surface area contributed by atoms with Crippen LogP contribution in [0, 0.1) is 0 Å². The van der Waals surface area contributed by atoms with E-state index in [1.165, 1.54) is 37.8 Å². The van der Waals surface area contributed by atoms with Gasteiger partial charge in [-0.1, -0.05) is 36.9 Å². The molecular formula is C16H22BrClN2. The number of rotatable bonds is 1. The maximum atomic E-state index is 6.27. The Kier molecular flexibility index (Phi) is 4.30. The fourth-order valence-corrected chi connectivity index (χ4v) is 4.27. The molecule has 1 heterocycles. The molecule has 0 aromatic heterocycles. The Balaban J connectivity index is 1.88. The molecule has 1 aliphatic heterocycles. The summed E-state index contributed by atoms with van der Waals surface area (Å²) in [6.45, 7) is 4.43. The normalized spacial score (nSPS) is 25.9. The Morgan fingerprint density at radius 1 is 1.30 bits per heavy atom. The molecule has 1 saturated heterocycles. The molecule has 0 amide bonds. The number of anilines is 1. The Bertz CT molecular complexity index is 485. The van der Waals surface area contributed by atoms with E-state index in [0.29, 0.717) is 11.6 Å². The maximum absolute atomic E-state index is 6.27. The lowest BCUT2D eigenvalue weighted by Crippen LogP contribution is -2.64. The third kappa shape index (κ3) is 2.72. The van der Waals surface area contributed by atoms with Crippen LogP contribution in [0.4, 0.5) is 5.69 Å². The van der Waals surface area contributed by atoms with Crippen LogP contribution < -0.4 is 10.2 Å². The standard InChI is InChI=1S/C16H22BrClN2/c1-12-10-19-16(8-3-2-4-9-16)11-20(12)14-7-5-6-13(18)15(14)17/h5-7,12,19H,2-4,8-11H2,1H3. The average molecular weight is 358 g/mol. The Labute approximate surface area is 135 Å². The molecule has 2 nitrogen and oxygen atoms in total. The lowest BCUT2D eigenvalue weighted by molar-refractivity contribution is 0.200. The van der Waals surface area contributed by atoms with E-state index < -0.39 is 0 Å². The quantitative estimate of drug-likeness (QED) is 0.790. The van der Waals surface area contributed by atoms with Crippen LogP contribution in [0.1, 0.15) is 39.0 Å². The van der Waals surface area contributed by atoms with Crippen molar-refractivity contribution in [2.45, 2.75) is 50.6 Å². The highest BCUT2D eigenvalue weighted by molar-refractivity contribution is 9.10. The van der Waals surface area contributed by atoms with Gasteiger partial charge in [-0.2, -0.15) is 0 Å². The summed E-state index contributed by atoms with van der Waals surface area (Å²) in [5, 5.41) is 4.63. The molecule has 0 bridgehead atoms. The van der Waals surface area contributed by atoms with Crippen LogP contribution in [0.5, 0.6) is 0 Å². The summed E-state index contributed by atoms with van der Waals surface area (Å²) >= 11 is 9.93. The van der Waals surface area contributed by atoms with Crippen LogP contribution in [0.2, 0.25) is 5.02 Å². The highest BCUT2D eigenvalue weighted by atomic mass is 79.9. The van der Waals surface area contributed by atoms with Crippen molar-refractivity contribution in [3.8, 4) is 0 Å². The summed E-state index contributed by atoms with van der Waals surface area (Å²) in [6, 6.07) is 6.66. The van der Waals surface area contributed by atoms with Crippen molar-refractivity contribution in [2.75, 3.05) is 18.0 Å². The summed E-state index contributed by atoms with van der Waals surface area (Å²) in [6.07, 6.45) is 6.69. The minimum Gasteiger partial charge on any atom is -0.365 e. The van der Waals surface area contributed by atoms with Crippen molar-refractivity contribution in [3.05, 3.63) is 27.7 Å². The van der Waals surface area contributed by atoms with E-state index in [-0.39, 0.29) is 0 Å². The van der Waals surface area contributed by atoms with Crippen LogP contribution in [-0.4, -0.2) is 24.7 Å². The molecule has 1 unspecified atom stereocenters. The van der Waals surface area contributed by atoms with Crippen LogP contribution in [0.3, 0.4) is 0 Å². The van der Waals surface area contributed by atoms with Crippen molar-refractivity contribution in [3.63, 3.8) is 0 Å². The summed E-state index contributed by atoms with van der Waals surface area (Å²) in [5.74, 6) is 0. The highest BCUT2D eigenvalue weighted by Crippen LogP contribution is 2.38. The predicted octanol–water partition coefficient (Wildman–Crippen LogP) is 4.60. The van der Waals surface area contributed by atoms with E-state index in [2.05, 4.69) is 39.1 Å². The van der Waals surface area contributed by atoms with Gasteiger partial charge in [-0.3, -0.25) is 0 Å². The number of hydrogen-bond acceptors (Lipinski definition) is 2. The molecule has 2 fully saturated rings. The largest absolute Gasteiger partial charge is 0.365 e. The number of benzene rings is 1. The number of nitrogens with zero attached hydrogens (tertiary/aromatic N) is 1. The molecule has 1 saturated carbocycles. The monoisotopic (exact) mass is 356 g/mol. The van der Waals surface area contributed by atoms with Gasteiger partial charge in [0.1, 0.15) is 0 Å². The molecule has 1 aromatic carbocycles. The molecule has 20 heavy (non-hydrogen) atoms. The molecule has 0 radical (unpaired) electrons. The Hall–Kier alpha value is -0.250. The lowest BCUT2D eigenvalue weighted by Gasteiger charge is -2.50. The number of piperazine rings is 1. The van der Waals surface area contributed by atoms with E-state index in [4.69, 9.17) is 11.6 Å². The van der Waals surface area contributed by atoms with Crippen LogP contribution in [0.25, 0.3) is 0 Å². The number of hydrogen-bond donors (Lipinski definition) is 1. The van der Waals surface area contributed by atoms with E-state index in [1.807, 2.05) is 12.1 Å². The van der Waals surface area contributed by atoms with Gasteiger partial charge in [0.2, 0.25) is 0 Å². The second-order valence-corrected chi connectivity index (χ2v) is 7.47. The SMILES string of the molecule is CC1CNC2(CCCCC2)CN1c1cccc(Cl)c1Br. The van der Waals surface area contributed by atoms with E-state index >= 15 is 0 Å². The van der Waals surface area contributed by atoms with Gasteiger partial charge in [-0.25, -0.2) is 0 Å². The Morgan fingerprint density at radius 2 is 2.05 bits per heavy atom. The van der Waals surface area contributed by atoms with Crippen molar-refractivity contribution >= 4 is 33.2 Å². The lowest BCUT2D eigenvalue weighted by atomic mass is 9.79. The minimum absolute atomic E-state index is 0.312. The van der Waals surface area contributed by atoms with Gasteiger partial charge in [0, 0.05) is 24.7 Å². The molecule has 1 atom stereocenters. The van der Waals surface area contributed by atoms with Gasteiger partial charge in [0.15, 0.2) is 0 Å². The molecule has 4 heteroatoms. The first kappa shape index (κ1) is 14.7. The third-order valence-corrected chi connectivity index (χ3v) is 6.21. The predicted molar refractivity (Wildman–Crippen MR) is 89.8 cm³/mol. The van der Waals surface area contributed by atoms with Gasteiger partial charge in [0.25, 0.3) is 0 Å². The van der Waals surface area contributed by atoms with Crippen molar-refractivity contribution in [1.82, 2.24) is 5.32 Å². The van der Waals surface area contributed by atoms with Crippen LogP contribution >= 0.6 is 27.5 Å². The van der Waals surface area contributed by atoms with E-state index in [0.717, 1.165) is 22.6 Å². The summed E-state index contributed by atoms with van der Waals surface area (Å²) < 4.78 is 1.03. The van der Waals surface area contributed by atoms with E-state index in [9.17, 15) is 0 Å². The first-order chi connectivity index (χ1) is 9.61. The highest BCUT2D eigenvalue weighted by Gasteiger charge is 2.39. The molecule has 1 aromatic rings. The molecule has 1 aliphatic carbocycles.